The zero-order chi connectivity index (χ0) is 28.8. The van der Waals surface area contributed by atoms with Gasteiger partial charge in [-0.15, -0.1) is 0 Å². The van der Waals surface area contributed by atoms with Gasteiger partial charge in [0.15, 0.2) is 11.5 Å². The van der Waals surface area contributed by atoms with Gasteiger partial charge in [-0.1, -0.05) is 33.7 Å². The van der Waals surface area contributed by atoms with Crippen LogP contribution in [0, 0.1) is 0 Å². The summed E-state index contributed by atoms with van der Waals surface area (Å²) in [5, 5.41) is 31.4. The summed E-state index contributed by atoms with van der Waals surface area (Å²) >= 11 is 0. The quantitative estimate of drug-likeness (QED) is 0.231. The largest absolute Gasteiger partial charge is 0.508 e. The molecule has 0 aromatic heterocycles. The van der Waals surface area contributed by atoms with Crippen LogP contribution in [0.1, 0.15) is 65.0 Å². The number of hydrogen-bond donors (Lipinski definition) is 3. The van der Waals surface area contributed by atoms with Crippen LogP contribution < -0.4 is 14.2 Å². The van der Waals surface area contributed by atoms with Gasteiger partial charge >= 0.3 is 5.97 Å². The maximum Gasteiger partial charge on any atom is 0.302 e. The number of methoxy groups -OCH3 is 2. The lowest BCUT2D eigenvalue weighted by atomic mass is 9.69. The Morgan fingerprint density at radius 1 is 1.00 bits per heavy atom. The van der Waals surface area contributed by atoms with E-state index in [4.69, 9.17) is 18.9 Å². The maximum atomic E-state index is 11.9. The fraction of sp³-hybridized carbons (Fsp3) is 0.387. The van der Waals surface area contributed by atoms with Crippen molar-refractivity contribution in [2.45, 2.75) is 43.0 Å². The summed E-state index contributed by atoms with van der Waals surface area (Å²) in [6, 6.07) is 11.1. The minimum atomic E-state index is -0.482. The van der Waals surface area contributed by atoms with Crippen LogP contribution in [0.5, 0.6) is 28.7 Å². The molecule has 2 bridgehead atoms. The second-order valence-corrected chi connectivity index (χ2v) is 13.0. The Kier molecular flexibility index (Phi) is 7.65. The number of ether oxygens (including phenoxy) is 4. The number of rotatable bonds is 6. The third-order valence-corrected chi connectivity index (χ3v) is 10.7. The molecule has 6 rings (SSSR count). The number of aliphatic hydroxyl groups excluding tert-OH is 1. The number of carbonyl (C=O) groups excluding carboxylic acids is 1. The van der Waals surface area contributed by atoms with Gasteiger partial charge in [0.25, 0.3) is 0 Å². The summed E-state index contributed by atoms with van der Waals surface area (Å²) in [5.41, 5.74) is 6.58. The molecule has 2 aliphatic heterocycles. The summed E-state index contributed by atoms with van der Waals surface area (Å²) in [5.74, 6) is 2.42. The van der Waals surface area contributed by atoms with Crippen molar-refractivity contribution >= 4 is 27.6 Å². The molecule has 3 aromatic carbocycles. The second-order valence-electron chi connectivity index (χ2n) is 10.5. The van der Waals surface area contributed by atoms with Crippen LogP contribution in [-0.4, -0.2) is 54.5 Å². The highest BCUT2D eigenvalue weighted by Gasteiger charge is 2.45. The molecule has 0 spiro atoms. The highest BCUT2D eigenvalue weighted by Crippen LogP contribution is 2.61. The van der Waals surface area contributed by atoms with Gasteiger partial charge in [-0.2, -0.15) is 0 Å². The summed E-state index contributed by atoms with van der Waals surface area (Å²) in [7, 11) is 6.53. The predicted molar refractivity (Wildman–Crippen MR) is 158 cm³/mol. The predicted octanol–water partition coefficient (Wildman–Crippen LogP) is 6.02. The number of aromatic hydroxyl groups is 2. The van der Waals surface area contributed by atoms with Crippen molar-refractivity contribution < 1.29 is 39.1 Å². The third-order valence-electron chi connectivity index (χ3n) is 8.30. The highest BCUT2D eigenvalue weighted by molar-refractivity contribution is 8.76. The molecule has 8 nitrogen and oxygen atoms in total. The molecule has 10 heteroatoms. The fourth-order valence-corrected chi connectivity index (χ4v) is 9.01. The van der Waals surface area contributed by atoms with Crippen molar-refractivity contribution in [1.29, 1.82) is 0 Å². The second kappa shape index (κ2) is 11.2. The fourth-order valence-electron chi connectivity index (χ4n) is 6.55. The molecule has 0 amide bonds. The average Bonchev–Trinajstić information content (AvgIpc) is 3.31. The van der Waals surface area contributed by atoms with Crippen LogP contribution in [0.3, 0.4) is 0 Å². The van der Waals surface area contributed by atoms with E-state index in [1.807, 2.05) is 12.1 Å². The van der Waals surface area contributed by atoms with E-state index in [1.54, 1.807) is 46.9 Å². The summed E-state index contributed by atoms with van der Waals surface area (Å²) in [4.78, 5) is 11.9. The lowest BCUT2D eigenvalue weighted by Gasteiger charge is -2.37. The Hall–Kier alpha value is -3.21. The molecule has 0 saturated carbocycles. The zero-order valence-electron chi connectivity index (χ0n) is 23.0. The van der Waals surface area contributed by atoms with Gasteiger partial charge in [0, 0.05) is 59.3 Å². The molecule has 216 valence electrons. The first-order valence-electron chi connectivity index (χ1n) is 13.5. The minimum absolute atomic E-state index is 0.0101. The molecule has 3 aliphatic rings. The molecular formula is C31H32O8S2. The van der Waals surface area contributed by atoms with E-state index in [0.717, 1.165) is 50.4 Å². The van der Waals surface area contributed by atoms with Gasteiger partial charge in [-0.3, -0.25) is 4.79 Å². The monoisotopic (exact) mass is 596 g/mol. The lowest BCUT2D eigenvalue weighted by molar-refractivity contribution is -0.141. The normalized spacial score (nSPS) is 22.0. The van der Waals surface area contributed by atoms with E-state index < -0.39 is 6.10 Å². The van der Waals surface area contributed by atoms with Crippen LogP contribution in [0.25, 0.3) is 11.1 Å². The first-order valence-corrected chi connectivity index (χ1v) is 16.0. The lowest BCUT2D eigenvalue weighted by Crippen LogP contribution is -2.22. The molecule has 3 aromatic rings. The molecule has 3 N–H and O–H groups in total. The van der Waals surface area contributed by atoms with E-state index in [0.29, 0.717) is 23.7 Å². The van der Waals surface area contributed by atoms with E-state index in [-0.39, 0.29) is 48.4 Å². The summed E-state index contributed by atoms with van der Waals surface area (Å²) < 4.78 is 23.7. The van der Waals surface area contributed by atoms with Crippen LogP contribution in [-0.2, 0) is 15.3 Å². The van der Waals surface area contributed by atoms with Crippen molar-refractivity contribution in [3.63, 3.8) is 0 Å². The molecule has 1 aliphatic carbocycles. The first-order chi connectivity index (χ1) is 19.9. The number of aliphatic hydroxyl groups is 1. The van der Waals surface area contributed by atoms with Gasteiger partial charge in [0.05, 0.1) is 20.1 Å². The van der Waals surface area contributed by atoms with Crippen LogP contribution >= 0.6 is 21.6 Å². The number of fused-ring (bicyclic) bond motifs is 5. The Morgan fingerprint density at radius 3 is 2.54 bits per heavy atom. The SMILES string of the molecule is COc1cc2c(cc1O)CSSC[C@@H]1c3c(ccc4c3O[C@H]2[C@H]4COC(C)=O)-c2c(OC)cc(O)cc2[C@H]1CCO. The Balaban J connectivity index is 1.61. The van der Waals surface area contributed by atoms with E-state index in [9.17, 15) is 20.1 Å². The van der Waals surface area contributed by atoms with Crippen molar-refractivity contribution in [3.05, 3.63) is 64.2 Å². The van der Waals surface area contributed by atoms with Crippen LogP contribution in [0.2, 0.25) is 0 Å². The summed E-state index contributed by atoms with van der Waals surface area (Å²) in [6.45, 7) is 1.52. The van der Waals surface area contributed by atoms with Gasteiger partial charge < -0.3 is 34.3 Å². The smallest absolute Gasteiger partial charge is 0.302 e. The molecule has 4 atom stereocenters. The summed E-state index contributed by atoms with van der Waals surface area (Å²) in [6.07, 6.45) is 0.0219. The van der Waals surface area contributed by atoms with Crippen molar-refractivity contribution in [2.75, 3.05) is 33.2 Å². The highest BCUT2D eigenvalue weighted by atomic mass is 33.1. The van der Waals surface area contributed by atoms with E-state index in [2.05, 4.69) is 6.07 Å². The molecule has 0 saturated heterocycles. The number of benzene rings is 3. The topological polar surface area (TPSA) is 115 Å². The number of phenolic OH excluding ortho intramolecular Hbond substituents is 2. The van der Waals surface area contributed by atoms with Gasteiger partial charge in [-0.25, -0.2) is 0 Å². The Morgan fingerprint density at radius 2 is 1.80 bits per heavy atom. The Bertz CT molecular complexity index is 1510. The van der Waals surface area contributed by atoms with Crippen molar-refractivity contribution in [2.24, 2.45) is 0 Å². The molecule has 0 fully saturated rings. The van der Waals surface area contributed by atoms with Crippen molar-refractivity contribution in [1.82, 2.24) is 0 Å². The minimum Gasteiger partial charge on any atom is -0.508 e. The number of hydrogen-bond acceptors (Lipinski definition) is 10. The van der Waals surface area contributed by atoms with Gasteiger partial charge in [0.2, 0.25) is 0 Å². The molecular weight excluding hydrogens is 564 g/mol. The maximum absolute atomic E-state index is 11.9. The van der Waals surface area contributed by atoms with Crippen LogP contribution in [0.15, 0.2) is 36.4 Å². The van der Waals surface area contributed by atoms with E-state index in [1.165, 1.54) is 14.0 Å². The van der Waals surface area contributed by atoms with Crippen LogP contribution in [0.4, 0.5) is 0 Å². The third kappa shape index (κ3) is 4.75. The zero-order valence-corrected chi connectivity index (χ0v) is 24.6. The number of phenols is 2. The number of esters is 1. The molecule has 0 radical (unpaired) electrons. The number of carbonyl (C=O) groups is 1. The molecule has 0 unspecified atom stereocenters. The molecule has 2 heterocycles. The standard InChI is InChI=1S/C31H32O8S2/c1-15(33)38-12-23-19-4-5-20-28-22(9-17(34)10-27(28)37-3)18(6-7-32)24-14-41-40-13-16-8-25(35)26(36-2)11-21(16)30(23)39-31(19)29(20)24/h4-5,8-11,18,23-24,30,32,34-35H,6-7,12-14H2,1-3H3/t18-,23+,24+,30-/m1/s1. The van der Waals surface area contributed by atoms with E-state index >= 15 is 0 Å². The Labute approximate surface area is 246 Å². The molecule has 41 heavy (non-hydrogen) atoms. The van der Waals surface area contributed by atoms with Gasteiger partial charge in [0.1, 0.15) is 30.0 Å². The average molecular weight is 597 g/mol. The van der Waals surface area contributed by atoms with Gasteiger partial charge in [-0.05, 0) is 47.2 Å². The van der Waals surface area contributed by atoms with Crippen molar-refractivity contribution in [3.8, 4) is 39.9 Å². The first kappa shape index (κ1) is 27.9.